The molecule has 7 heteroatoms. The van der Waals surface area contributed by atoms with Crippen LogP contribution in [0.3, 0.4) is 0 Å². The van der Waals surface area contributed by atoms with Crippen LogP contribution >= 0.6 is 0 Å². The van der Waals surface area contributed by atoms with E-state index in [4.69, 9.17) is 0 Å². The smallest absolute Gasteiger partial charge is 0.183 e. The molecule has 1 saturated heterocycles. The summed E-state index contributed by atoms with van der Waals surface area (Å²) in [6, 6.07) is 16.3. The molecule has 0 atom stereocenters. The van der Waals surface area contributed by atoms with E-state index in [0.717, 1.165) is 54.2 Å². The van der Waals surface area contributed by atoms with Crippen molar-refractivity contribution in [2.24, 2.45) is 0 Å². The minimum absolute atomic E-state index is 0.651. The molecule has 2 aromatic carbocycles. The first-order chi connectivity index (χ1) is 14.2. The number of nitrogens with zero attached hydrogens (tertiary/aromatic N) is 5. The third kappa shape index (κ3) is 4.57. The molecule has 0 saturated carbocycles. The van der Waals surface area contributed by atoms with Crippen molar-refractivity contribution >= 4 is 16.7 Å². The number of piperazine rings is 1. The van der Waals surface area contributed by atoms with Gasteiger partial charge in [0.1, 0.15) is 0 Å². The summed E-state index contributed by atoms with van der Waals surface area (Å²) >= 11 is 0. The second-order valence-corrected chi connectivity index (χ2v) is 7.11. The van der Waals surface area contributed by atoms with Crippen LogP contribution in [0.4, 0.5) is 5.82 Å². The third-order valence-corrected chi connectivity index (χ3v) is 4.93. The van der Waals surface area contributed by atoms with Gasteiger partial charge in [-0.1, -0.05) is 35.9 Å². The summed E-state index contributed by atoms with van der Waals surface area (Å²) in [6.07, 6.45) is 1.73. The molecule has 0 amide bonds. The van der Waals surface area contributed by atoms with Crippen molar-refractivity contribution in [1.29, 1.82) is 0 Å². The highest BCUT2D eigenvalue weighted by Crippen LogP contribution is 2.23. The summed E-state index contributed by atoms with van der Waals surface area (Å²) in [6.45, 7) is 7.92. The zero-order chi connectivity index (χ0) is 20.1. The van der Waals surface area contributed by atoms with E-state index in [9.17, 15) is 0 Å². The van der Waals surface area contributed by atoms with E-state index in [1.54, 1.807) is 6.20 Å². The van der Waals surface area contributed by atoms with Crippen LogP contribution in [-0.4, -0.2) is 51.6 Å². The Kier molecular flexibility index (Phi) is 5.76. The average molecular weight is 387 g/mol. The van der Waals surface area contributed by atoms with Gasteiger partial charge >= 0.3 is 0 Å². The van der Waals surface area contributed by atoms with Gasteiger partial charge in [-0.3, -0.25) is 5.10 Å². The first-order valence-electron chi connectivity index (χ1n) is 9.83. The molecule has 29 heavy (non-hydrogen) atoms. The molecular formula is C22H25N7. The number of aryl methyl sites for hydroxylation is 2. The fourth-order valence-electron chi connectivity index (χ4n) is 3.28. The molecule has 0 aliphatic carbocycles. The van der Waals surface area contributed by atoms with Crippen LogP contribution in [0.5, 0.6) is 0 Å². The van der Waals surface area contributed by atoms with Crippen LogP contribution in [0, 0.1) is 13.8 Å². The Balaban J connectivity index is 0.000000249. The molecule has 4 aromatic rings. The first kappa shape index (κ1) is 19.0. The van der Waals surface area contributed by atoms with Gasteiger partial charge in [0.05, 0.1) is 11.7 Å². The Hall–Kier alpha value is -3.32. The summed E-state index contributed by atoms with van der Waals surface area (Å²) in [5, 5.41) is 20.0. The number of fused-ring (bicyclic) bond motifs is 1. The second kappa shape index (κ2) is 8.79. The topological polar surface area (TPSA) is 82.6 Å². The largest absolute Gasteiger partial charge is 0.353 e. The molecule has 1 fully saturated rings. The lowest BCUT2D eigenvalue weighted by molar-refractivity contribution is 0.583. The molecule has 0 bridgehead atoms. The molecule has 0 unspecified atom stereocenters. The summed E-state index contributed by atoms with van der Waals surface area (Å²) in [5.74, 6) is 1.54. The third-order valence-electron chi connectivity index (χ3n) is 4.93. The van der Waals surface area contributed by atoms with Crippen LogP contribution in [0.2, 0.25) is 0 Å². The molecule has 148 valence electrons. The van der Waals surface area contributed by atoms with Gasteiger partial charge in [-0.2, -0.15) is 10.2 Å². The summed E-state index contributed by atoms with van der Waals surface area (Å²) in [7, 11) is 0. The molecule has 3 heterocycles. The van der Waals surface area contributed by atoms with Gasteiger partial charge in [-0.25, -0.2) is 4.98 Å². The monoisotopic (exact) mass is 387 g/mol. The Bertz CT molecular complexity index is 1070. The molecule has 5 rings (SSSR count). The predicted molar refractivity (Wildman–Crippen MR) is 116 cm³/mol. The van der Waals surface area contributed by atoms with Crippen LogP contribution < -0.4 is 10.2 Å². The molecular weight excluding hydrogens is 362 g/mol. The SMILES string of the molecule is Cc1[nH]nc2ccc(-c3nncc(N4CCNCC4)n3)cc12.Cc1ccccc1. The fourth-order valence-corrected chi connectivity index (χ4v) is 3.28. The Morgan fingerprint density at radius 3 is 2.48 bits per heavy atom. The standard InChI is InChI=1S/C15H17N7.C7H8/c1-10-12-8-11(2-3-13(12)20-19-10)15-18-14(9-17-21-15)22-6-4-16-5-7-22;1-7-5-3-2-4-6-7/h2-3,8-9,16H,4-7H2,1H3,(H,19,20);2-6H,1H3. The number of H-pyrrole nitrogens is 1. The Morgan fingerprint density at radius 2 is 1.76 bits per heavy atom. The number of hydrogen-bond donors (Lipinski definition) is 2. The number of aromatic nitrogens is 5. The predicted octanol–water partition coefficient (Wildman–Crippen LogP) is 3.13. The maximum Gasteiger partial charge on any atom is 0.183 e. The fraction of sp³-hybridized carbons (Fsp3) is 0.273. The van der Waals surface area contributed by atoms with Crippen molar-refractivity contribution in [1.82, 2.24) is 30.7 Å². The van der Waals surface area contributed by atoms with E-state index < -0.39 is 0 Å². The van der Waals surface area contributed by atoms with Crippen molar-refractivity contribution in [3.63, 3.8) is 0 Å². The minimum Gasteiger partial charge on any atom is -0.353 e. The van der Waals surface area contributed by atoms with Crippen LogP contribution in [-0.2, 0) is 0 Å². The number of aromatic amines is 1. The van der Waals surface area contributed by atoms with Gasteiger partial charge in [-0.15, -0.1) is 5.10 Å². The van der Waals surface area contributed by atoms with Gasteiger partial charge in [-0.05, 0) is 32.0 Å². The van der Waals surface area contributed by atoms with Crippen LogP contribution in [0.15, 0.2) is 54.7 Å². The second-order valence-electron chi connectivity index (χ2n) is 7.11. The number of rotatable bonds is 2. The number of nitrogens with one attached hydrogen (secondary N) is 2. The van der Waals surface area contributed by atoms with Crippen molar-refractivity contribution in [3.8, 4) is 11.4 Å². The van der Waals surface area contributed by atoms with Gasteiger partial charge in [0, 0.05) is 42.8 Å². The quantitative estimate of drug-likeness (QED) is 0.550. The lowest BCUT2D eigenvalue weighted by atomic mass is 10.1. The highest BCUT2D eigenvalue weighted by Gasteiger charge is 2.14. The molecule has 1 aliphatic heterocycles. The van der Waals surface area contributed by atoms with Crippen molar-refractivity contribution < 1.29 is 0 Å². The van der Waals surface area contributed by atoms with Gasteiger partial charge in [0.25, 0.3) is 0 Å². The zero-order valence-electron chi connectivity index (χ0n) is 16.8. The van der Waals surface area contributed by atoms with E-state index in [1.807, 2.05) is 37.3 Å². The Labute approximate surface area is 170 Å². The van der Waals surface area contributed by atoms with E-state index >= 15 is 0 Å². The lowest BCUT2D eigenvalue weighted by Gasteiger charge is -2.28. The minimum atomic E-state index is 0.651. The van der Waals surface area contributed by atoms with Crippen molar-refractivity contribution in [2.75, 3.05) is 31.1 Å². The van der Waals surface area contributed by atoms with E-state index in [0.29, 0.717) is 5.82 Å². The highest BCUT2D eigenvalue weighted by molar-refractivity contribution is 5.85. The van der Waals surface area contributed by atoms with Crippen LogP contribution in [0.25, 0.3) is 22.3 Å². The van der Waals surface area contributed by atoms with E-state index in [1.165, 1.54) is 5.56 Å². The number of benzene rings is 2. The number of hydrogen-bond acceptors (Lipinski definition) is 6. The van der Waals surface area contributed by atoms with Gasteiger partial charge in [0.2, 0.25) is 0 Å². The summed E-state index contributed by atoms with van der Waals surface area (Å²) < 4.78 is 0. The maximum absolute atomic E-state index is 4.68. The van der Waals surface area contributed by atoms with E-state index in [-0.39, 0.29) is 0 Å². The average Bonchev–Trinajstić information content (AvgIpc) is 3.16. The normalized spacial score (nSPS) is 13.8. The first-order valence-corrected chi connectivity index (χ1v) is 9.83. The summed E-state index contributed by atoms with van der Waals surface area (Å²) in [5.41, 5.74) is 4.28. The van der Waals surface area contributed by atoms with E-state index in [2.05, 4.69) is 60.7 Å². The van der Waals surface area contributed by atoms with Gasteiger partial charge in [0.15, 0.2) is 11.6 Å². The molecule has 0 spiro atoms. The summed E-state index contributed by atoms with van der Waals surface area (Å²) in [4.78, 5) is 6.91. The zero-order valence-corrected chi connectivity index (χ0v) is 16.8. The molecule has 1 aliphatic rings. The van der Waals surface area contributed by atoms with Crippen molar-refractivity contribution in [2.45, 2.75) is 13.8 Å². The van der Waals surface area contributed by atoms with Crippen LogP contribution in [0.1, 0.15) is 11.3 Å². The molecule has 0 radical (unpaired) electrons. The lowest BCUT2D eigenvalue weighted by Crippen LogP contribution is -2.44. The number of anilines is 1. The van der Waals surface area contributed by atoms with Gasteiger partial charge < -0.3 is 10.2 Å². The Morgan fingerprint density at radius 1 is 0.966 bits per heavy atom. The highest BCUT2D eigenvalue weighted by atomic mass is 15.3. The maximum atomic E-state index is 4.68. The molecule has 2 aromatic heterocycles. The molecule has 7 nitrogen and oxygen atoms in total. The molecule has 2 N–H and O–H groups in total. The van der Waals surface area contributed by atoms with Crippen molar-refractivity contribution in [3.05, 3.63) is 66.0 Å².